The monoisotopic (exact) mass is 345 g/mol. The molecule has 3 aromatic heterocycles. The standard InChI is InChI=1S/C20H19N5O/c1-13-14(2)25(15-7-9-16(26-3)10-8-15)20-18(13)19(22-12-23-20)24-17-6-4-5-11-21-17/h4-12H,1-3H3,(H,21,22,23,24). The van der Waals surface area contributed by atoms with Crippen LogP contribution in [0.25, 0.3) is 16.7 Å². The van der Waals surface area contributed by atoms with E-state index < -0.39 is 0 Å². The van der Waals surface area contributed by atoms with Crippen LogP contribution >= 0.6 is 0 Å². The number of rotatable bonds is 4. The molecule has 0 radical (unpaired) electrons. The molecule has 3 heterocycles. The van der Waals surface area contributed by atoms with Crippen molar-refractivity contribution >= 4 is 22.7 Å². The molecule has 0 amide bonds. The number of anilines is 2. The summed E-state index contributed by atoms with van der Waals surface area (Å²) < 4.78 is 7.40. The van der Waals surface area contributed by atoms with Gasteiger partial charge in [-0.3, -0.25) is 4.57 Å². The van der Waals surface area contributed by atoms with Gasteiger partial charge in [-0.1, -0.05) is 6.07 Å². The molecule has 0 bridgehead atoms. The summed E-state index contributed by atoms with van der Waals surface area (Å²) in [5, 5.41) is 4.29. The summed E-state index contributed by atoms with van der Waals surface area (Å²) in [6.45, 7) is 4.18. The number of nitrogens with zero attached hydrogens (tertiary/aromatic N) is 4. The Kier molecular flexibility index (Phi) is 4.01. The van der Waals surface area contributed by atoms with E-state index in [1.165, 1.54) is 0 Å². The minimum Gasteiger partial charge on any atom is -0.497 e. The van der Waals surface area contributed by atoms with Crippen molar-refractivity contribution in [3.8, 4) is 11.4 Å². The van der Waals surface area contributed by atoms with Gasteiger partial charge < -0.3 is 10.1 Å². The second kappa shape index (κ2) is 6.48. The van der Waals surface area contributed by atoms with Crippen molar-refractivity contribution in [1.82, 2.24) is 19.5 Å². The lowest BCUT2D eigenvalue weighted by Crippen LogP contribution is -2.00. The minimum absolute atomic E-state index is 0.751. The molecule has 0 spiro atoms. The zero-order valence-electron chi connectivity index (χ0n) is 14.9. The smallest absolute Gasteiger partial charge is 0.150 e. The van der Waals surface area contributed by atoms with Gasteiger partial charge in [-0.15, -0.1) is 0 Å². The third-order valence-corrected chi connectivity index (χ3v) is 4.53. The van der Waals surface area contributed by atoms with Crippen molar-refractivity contribution in [3.05, 3.63) is 66.2 Å². The van der Waals surface area contributed by atoms with Crippen LogP contribution in [0.15, 0.2) is 55.0 Å². The van der Waals surface area contributed by atoms with E-state index in [2.05, 4.69) is 38.7 Å². The summed E-state index contributed by atoms with van der Waals surface area (Å²) in [5.41, 5.74) is 4.15. The van der Waals surface area contributed by atoms with E-state index in [0.717, 1.165) is 45.4 Å². The first-order chi connectivity index (χ1) is 12.7. The Bertz CT molecular complexity index is 1060. The highest BCUT2D eigenvalue weighted by Gasteiger charge is 2.17. The summed E-state index contributed by atoms with van der Waals surface area (Å²) >= 11 is 0. The first-order valence-electron chi connectivity index (χ1n) is 8.34. The Morgan fingerprint density at radius 1 is 0.962 bits per heavy atom. The molecule has 0 aliphatic carbocycles. The highest BCUT2D eigenvalue weighted by atomic mass is 16.5. The van der Waals surface area contributed by atoms with Gasteiger partial charge in [0.1, 0.15) is 23.7 Å². The van der Waals surface area contributed by atoms with Crippen molar-refractivity contribution < 1.29 is 4.74 Å². The predicted molar refractivity (Wildman–Crippen MR) is 102 cm³/mol. The number of pyridine rings is 1. The van der Waals surface area contributed by atoms with Crippen molar-refractivity contribution in [2.45, 2.75) is 13.8 Å². The van der Waals surface area contributed by atoms with Crippen molar-refractivity contribution in [3.63, 3.8) is 0 Å². The summed E-state index contributed by atoms with van der Waals surface area (Å²) in [5.74, 6) is 2.33. The van der Waals surface area contributed by atoms with E-state index in [-0.39, 0.29) is 0 Å². The maximum atomic E-state index is 5.26. The van der Waals surface area contributed by atoms with Crippen LogP contribution in [0.5, 0.6) is 5.75 Å². The van der Waals surface area contributed by atoms with E-state index >= 15 is 0 Å². The Balaban J connectivity index is 1.87. The average Bonchev–Trinajstić information content (AvgIpc) is 2.94. The molecule has 0 aliphatic rings. The molecule has 0 aliphatic heterocycles. The van der Waals surface area contributed by atoms with E-state index in [1.54, 1.807) is 19.6 Å². The Hall–Kier alpha value is -3.41. The number of nitrogens with one attached hydrogen (secondary N) is 1. The maximum absolute atomic E-state index is 5.26. The number of hydrogen-bond acceptors (Lipinski definition) is 5. The van der Waals surface area contributed by atoms with Crippen molar-refractivity contribution in [2.75, 3.05) is 12.4 Å². The molecule has 0 saturated carbocycles. The zero-order valence-corrected chi connectivity index (χ0v) is 14.9. The fraction of sp³-hybridized carbons (Fsp3) is 0.150. The van der Waals surface area contributed by atoms with Gasteiger partial charge in [-0.2, -0.15) is 0 Å². The van der Waals surface area contributed by atoms with E-state index in [4.69, 9.17) is 4.74 Å². The molecule has 0 fully saturated rings. The second-order valence-electron chi connectivity index (χ2n) is 6.00. The topological polar surface area (TPSA) is 64.9 Å². The summed E-state index contributed by atoms with van der Waals surface area (Å²) in [4.78, 5) is 13.3. The lowest BCUT2D eigenvalue weighted by Gasteiger charge is -2.09. The first kappa shape index (κ1) is 16.1. The quantitative estimate of drug-likeness (QED) is 0.601. The van der Waals surface area contributed by atoms with Gasteiger partial charge in [-0.05, 0) is 55.8 Å². The molecule has 0 atom stereocenters. The third-order valence-electron chi connectivity index (χ3n) is 4.53. The molecule has 4 aromatic rings. The number of ether oxygens (including phenoxy) is 1. The predicted octanol–water partition coefficient (Wildman–Crippen LogP) is 4.18. The maximum Gasteiger partial charge on any atom is 0.150 e. The molecule has 130 valence electrons. The molecule has 1 aromatic carbocycles. The lowest BCUT2D eigenvalue weighted by molar-refractivity contribution is 0.415. The largest absolute Gasteiger partial charge is 0.497 e. The van der Waals surface area contributed by atoms with Crippen LogP contribution in [0.2, 0.25) is 0 Å². The van der Waals surface area contributed by atoms with Crippen molar-refractivity contribution in [2.24, 2.45) is 0 Å². The first-order valence-corrected chi connectivity index (χ1v) is 8.34. The fourth-order valence-electron chi connectivity index (χ4n) is 3.10. The van der Waals surface area contributed by atoms with Gasteiger partial charge in [0.15, 0.2) is 5.65 Å². The van der Waals surface area contributed by atoms with Crippen LogP contribution in [0.1, 0.15) is 11.3 Å². The molecule has 0 unspecified atom stereocenters. The van der Waals surface area contributed by atoms with Crippen LogP contribution in [0.4, 0.5) is 11.6 Å². The summed E-state index contributed by atoms with van der Waals surface area (Å²) in [6.07, 6.45) is 3.33. The van der Waals surface area contributed by atoms with E-state index in [1.807, 2.05) is 42.5 Å². The van der Waals surface area contributed by atoms with Gasteiger partial charge in [0.2, 0.25) is 0 Å². The number of aryl methyl sites for hydroxylation is 1. The highest BCUT2D eigenvalue weighted by Crippen LogP contribution is 2.32. The van der Waals surface area contributed by atoms with Crippen LogP contribution in [0.3, 0.4) is 0 Å². The number of fused-ring (bicyclic) bond motifs is 1. The SMILES string of the molecule is COc1ccc(-n2c(C)c(C)c3c(Nc4ccccn4)ncnc32)cc1. The van der Waals surface area contributed by atoms with E-state index in [9.17, 15) is 0 Å². The molecule has 1 N–H and O–H groups in total. The molecular formula is C20H19N5O. The second-order valence-corrected chi connectivity index (χ2v) is 6.00. The fourth-order valence-corrected chi connectivity index (χ4v) is 3.10. The summed E-state index contributed by atoms with van der Waals surface area (Å²) in [6, 6.07) is 13.7. The third kappa shape index (κ3) is 2.65. The number of benzene rings is 1. The highest BCUT2D eigenvalue weighted by molar-refractivity contribution is 5.94. The van der Waals surface area contributed by atoms with Crippen LogP contribution in [0, 0.1) is 13.8 Å². The average molecular weight is 345 g/mol. The zero-order chi connectivity index (χ0) is 18.1. The molecule has 26 heavy (non-hydrogen) atoms. The van der Waals surface area contributed by atoms with Gasteiger partial charge in [-0.25, -0.2) is 15.0 Å². The lowest BCUT2D eigenvalue weighted by atomic mass is 10.2. The normalized spacial score (nSPS) is 10.9. The van der Waals surface area contributed by atoms with Gasteiger partial charge in [0.05, 0.1) is 12.5 Å². The van der Waals surface area contributed by atoms with Crippen LogP contribution in [-0.4, -0.2) is 26.6 Å². The van der Waals surface area contributed by atoms with Gasteiger partial charge in [0, 0.05) is 17.6 Å². The molecule has 4 rings (SSSR count). The van der Waals surface area contributed by atoms with Gasteiger partial charge >= 0.3 is 0 Å². The van der Waals surface area contributed by atoms with Crippen LogP contribution < -0.4 is 10.1 Å². The Morgan fingerprint density at radius 2 is 1.77 bits per heavy atom. The number of hydrogen-bond donors (Lipinski definition) is 1. The molecule has 0 saturated heterocycles. The minimum atomic E-state index is 0.751. The summed E-state index contributed by atoms with van der Waals surface area (Å²) in [7, 11) is 1.66. The molecule has 6 nitrogen and oxygen atoms in total. The molecule has 6 heteroatoms. The van der Waals surface area contributed by atoms with Crippen LogP contribution in [-0.2, 0) is 0 Å². The Labute approximate surface area is 151 Å². The van der Waals surface area contributed by atoms with Crippen molar-refractivity contribution in [1.29, 1.82) is 0 Å². The van der Waals surface area contributed by atoms with Gasteiger partial charge in [0.25, 0.3) is 0 Å². The number of methoxy groups -OCH3 is 1. The van der Waals surface area contributed by atoms with E-state index in [0.29, 0.717) is 0 Å². The molecular weight excluding hydrogens is 326 g/mol. The number of aromatic nitrogens is 4. The Morgan fingerprint density at radius 3 is 2.46 bits per heavy atom.